The molecule has 0 aliphatic carbocycles. The lowest BCUT2D eigenvalue weighted by Gasteiger charge is -2.17. The zero-order valence-electron chi connectivity index (χ0n) is 21.0. The maximum Gasteiger partial charge on any atom is 0.242 e. The lowest BCUT2D eigenvalue weighted by molar-refractivity contribution is -0.138. The van der Waals surface area contributed by atoms with Crippen molar-refractivity contribution in [3.63, 3.8) is 0 Å². The fourth-order valence-electron chi connectivity index (χ4n) is 3.14. The number of aromatic nitrogens is 3. The second-order valence-electron chi connectivity index (χ2n) is 8.31. The number of likely N-dealkylation sites (tertiary alicyclic amines) is 1. The molecule has 0 bridgehead atoms. The Morgan fingerprint density at radius 1 is 1.24 bits per heavy atom. The molecule has 1 fully saturated rings. The van der Waals surface area contributed by atoms with Gasteiger partial charge in [-0.2, -0.15) is 12.6 Å². The van der Waals surface area contributed by atoms with Gasteiger partial charge in [-0.05, 0) is 12.8 Å². The summed E-state index contributed by atoms with van der Waals surface area (Å²) in [5.41, 5.74) is 0.634. The molecule has 11 heteroatoms. The molecule has 0 aromatic carbocycles. The van der Waals surface area contributed by atoms with Gasteiger partial charge in [-0.25, -0.2) is 4.68 Å². The van der Waals surface area contributed by atoms with Crippen LogP contribution < -0.4 is 0 Å². The quantitative estimate of drug-likeness (QED) is 0.238. The third-order valence-electron chi connectivity index (χ3n) is 5.29. The number of hydrogen-bond donors (Lipinski definition) is 1. The highest BCUT2D eigenvalue weighted by Gasteiger charge is 2.35. The third-order valence-corrected chi connectivity index (χ3v) is 5.69. The van der Waals surface area contributed by atoms with E-state index in [0.29, 0.717) is 44.7 Å². The van der Waals surface area contributed by atoms with E-state index in [9.17, 15) is 19.2 Å². The number of amides is 3. The van der Waals surface area contributed by atoms with Crippen LogP contribution in [0.25, 0.3) is 0 Å². The predicted octanol–water partition coefficient (Wildman–Crippen LogP) is 2.12. The number of hydrogen-bond acceptors (Lipinski definition) is 8. The molecular weight excluding hydrogens is 458 g/mol. The first-order valence-electron chi connectivity index (χ1n) is 11.9. The highest BCUT2D eigenvalue weighted by molar-refractivity contribution is 7.81. The topological polar surface area (TPSA) is 115 Å². The van der Waals surface area contributed by atoms with E-state index in [0.717, 1.165) is 6.42 Å². The van der Waals surface area contributed by atoms with E-state index in [4.69, 9.17) is 4.74 Å². The van der Waals surface area contributed by atoms with Crippen molar-refractivity contribution in [2.75, 3.05) is 26.7 Å². The van der Waals surface area contributed by atoms with Crippen molar-refractivity contribution in [3.8, 4) is 0 Å². The Bertz CT molecular complexity index is 813. The first kappa shape index (κ1) is 29.8. The van der Waals surface area contributed by atoms with Crippen LogP contribution in [0.5, 0.6) is 0 Å². The second kappa shape index (κ2) is 15.6. The van der Waals surface area contributed by atoms with Gasteiger partial charge in [-0.3, -0.25) is 24.1 Å². The number of imide groups is 1. The van der Waals surface area contributed by atoms with Crippen molar-refractivity contribution in [2.45, 2.75) is 78.2 Å². The smallest absolute Gasteiger partial charge is 0.242 e. The Kier molecular flexibility index (Phi) is 13.7. The number of carbonyl (C=O) groups is 4. The van der Waals surface area contributed by atoms with Gasteiger partial charge in [-0.1, -0.05) is 39.3 Å². The third kappa shape index (κ3) is 9.92. The van der Waals surface area contributed by atoms with E-state index in [2.05, 4.69) is 22.9 Å². The number of carbonyl (C=O) groups excluding carboxylic acids is 4. The van der Waals surface area contributed by atoms with Gasteiger partial charge in [-0.15, -0.1) is 5.10 Å². The summed E-state index contributed by atoms with van der Waals surface area (Å²) in [5.74, 6) is -0.327. The minimum atomic E-state index is -0.513. The number of likely N-dealkylation sites (N-methyl/N-ethyl adjacent to an activating group) is 1. The number of Topliss-reactive ketones (excluding diaryl/α,β-unsaturated/α-hetero) is 1. The Hall–Kier alpha value is -2.27. The molecule has 2 rings (SSSR count). The molecule has 1 atom stereocenters. The average molecular weight is 498 g/mol. The average Bonchev–Trinajstić information content (AvgIpc) is 3.35. The zero-order chi connectivity index (χ0) is 25.7. The zero-order valence-corrected chi connectivity index (χ0v) is 21.9. The summed E-state index contributed by atoms with van der Waals surface area (Å²) in [5, 5.41) is 7.40. The molecule has 1 aliphatic rings. The van der Waals surface area contributed by atoms with Gasteiger partial charge in [0, 0.05) is 38.9 Å². The van der Waals surface area contributed by atoms with Crippen molar-refractivity contribution in [3.05, 3.63) is 11.9 Å². The maximum atomic E-state index is 12.2. The summed E-state index contributed by atoms with van der Waals surface area (Å²) in [6, 6.07) is 0. The molecule has 0 radical (unpaired) electrons. The first-order valence-corrected chi connectivity index (χ1v) is 12.5. The van der Waals surface area contributed by atoms with Crippen molar-refractivity contribution >= 4 is 36.1 Å². The molecule has 0 saturated carbocycles. The first-order chi connectivity index (χ1) is 16.2. The molecule has 0 N–H and O–H groups in total. The molecule has 1 aliphatic heterocycles. The van der Waals surface area contributed by atoms with Crippen molar-refractivity contribution in [1.29, 1.82) is 0 Å². The largest absolute Gasteiger partial charge is 0.373 e. The van der Waals surface area contributed by atoms with E-state index in [1.807, 2.05) is 27.7 Å². The summed E-state index contributed by atoms with van der Waals surface area (Å²) in [6.07, 6.45) is 4.41. The van der Waals surface area contributed by atoms with Crippen LogP contribution in [0.2, 0.25) is 0 Å². The number of thiol groups is 1. The number of ether oxygens (including phenoxy) is 1. The van der Waals surface area contributed by atoms with Gasteiger partial charge in [0.2, 0.25) is 17.7 Å². The molecule has 1 unspecified atom stereocenters. The van der Waals surface area contributed by atoms with Crippen LogP contribution in [0.3, 0.4) is 0 Å². The van der Waals surface area contributed by atoms with Gasteiger partial charge >= 0.3 is 0 Å². The second-order valence-corrected chi connectivity index (χ2v) is 8.93. The van der Waals surface area contributed by atoms with E-state index in [1.54, 1.807) is 18.1 Å². The van der Waals surface area contributed by atoms with Crippen LogP contribution in [0.15, 0.2) is 6.20 Å². The van der Waals surface area contributed by atoms with E-state index >= 15 is 0 Å². The maximum absolute atomic E-state index is 12.2. The molecule has 192 valence electrons. The minimum Gasteiger partial charge on any atom is -0.373 e. The fourth-order valence-corrected chi connectivity index (χ4v) is 3.44. The lowest BCUT2D eigenvalue weighted by atomic mass is 10.1. The van der Waals surface area contributed by atoms with Gasteiger partial charge in [0.15, 0.2) is 5.78 Å². The summed E-state index contributed by atoms with van der Waals surface area (Å²) >= 11 is 4.10. The Morgan fingerprint density at radius 3 is 2.56 bits per heavy atom. The molecule has 2 heterocycles. The molecule has 0 spiro atoms. The summed E-state index contributed by atoms with van der Waals surface area (Å²) in [6.45, 7) is 9.36. The number of rotatable bonds is 14. The Balaban J connectivity index is 0.00000281. The summed E-state index contributed by atoms with van der Waals surface area (Å²) in [7, 11) is 1.73. The number of unbranched alkanes of at least 4 members (excludes halogenated alkanes) is 2. The van der Waals surface area contributed by atoms with E-state index in [-0.39, 0.29) is 49.0 Å². The number of ketones is 1. The normalized spacial score (nSPS) is 15.5. The highest BCUT2D eigenvalue weighted by atomic mass is 32.1. The molecule has 1 saturated heterocycles. The van der Waals surface area contributed by atoms with Crippen LogP contribution in [-0.4, -0.2) is 80.3 Å². The SMILES string of the molecule is CC.CC(C)C(=O)Cn1cc(COCCN(C)C(=O)CCCCCN2C(=O)CC(S)C2=O)nn1. The fraction of sp³-hybridized carbons (Fsp3) is 0.739. The van der Waals surface area contributed by atoms with Crippen molar-refractivity contribution in [1.82, 2.24) is 24.8 Å². The van der Waals surface area contributed by atoms with Gasteiger partial charge in [0.25, 0.3) is 0 Å². The van der Waals surface area contributed by atoms with E-state index < -0.39 is 5.25 Å². The molecule has 3 amide bonds. The van der Waals surface area contributed by atoms with Crippen LogP contribution in [0.1, 0.15) is 65.5 Å². The number of nitrogens with zero attached hydrogens (tertiary/aromatic N) is 5. The lowest BCUT2D eigenvalue weighted by Crippen LogP contribution is -2.32. The standard InChI is InChI=1S/C21H33N5O5S.C2H6/c1-15(2)17(27)13-25-12-16(22-23-25)14-31-10-9-24(3)19(28)7-5-4-6-8-26-20(29)11-18(32)21(26)30;1-2/h12,15,18,32H,4-11,13-14H2,1-3H3;1-2H3. The molecule has 34 heavy (non-hydrogen) atoms. The van der Waals surface area contributed by atoms with Crippen LogP contribution >= 0.6 is 12.6 Å². The highest BCUT2D eigenvalue weighted by Crippen LogP contribution is 2.18. The van der Waals surface area contributed by atoms with E-state index in [1.165, 1.54) is 9.58 Å². The summed E-state index contributed by atoms with van der Waals surface area (Å²) in [4.78, 5) is 50.3. The predicted molar refractivity (Wildman–Crippen MR) is 131 cm³/mol. The molecule has 10 nitrogen and oxygen atoms in total. The van der Waals surface area contributed by atoms with Crippen LogP contribution in [0.4, 0.5) is 0 Å². The van der Waals surface area contributed by atoms with Crippen LogP contribution in [0, 0.1) is 5.92 Å². The van der Waals surface area contributed by atoms with Crippen LogP contribution in [-0.2, 0) is 37.1 Å². The van der Waals surface area contributed by atoms with Gasteiger partial charge in [0.1, 0.15) is 12.2 Å². The minimum absolute atomic E-state index is 0.0236. The molecular formula is C23H39N5O5S. The van der Waals surface area contributed by atoms with Crippen molar-refractivity contribution in [2.24, 2.45) is 5.92 Å². The Labute approximate surface area is 207 Å². The monoisotopic (exact) mass is 497 g/mol. The van der Waals surface area contributed by atoms with Crippen molar-refractivity contribution < 1.29 is 23.9 Å². The van der Waals surface area contributed by atoms with Gasteiger partial charge < -0.3 is 9.64 Å². The Morgan fingerprint density at radius 2 is 1.94 bits per heavy atom. The summed E-state index contributed by atoms with van der Waals surface area (Å²) < 4.78 is 7.07. The molecule has 1 aromatic rings. The molecule has 1 aromatic heterocycles. The van der Waals surface area contributed by atoms with Gasteiger partial charge in [0.05, 0.1) is 24.7 Å².